The summed E-state index contributed by atoms with van der Waals surface area (Å²) in [5.74, 6) is 1.74. The minimum atomic E-state index is -0.567. The summed E-state index contributed by atoms with van der Waals surface area (Å²) < 4.78 is 6.55. The Hall–Kier alpha value is -4.78. The number of fused-ring (bicyclic) bond motifs is 21. The number of pyridine rings is 2. The summed E-state index contributed by atoms with van der Waals surface area (Å²) in [6, 6.07) is 26.2. The van der Waals surface area contributed by atoms with Gasteiger partial charge in [-0.1, -0.05) is 24.3 Å². The summed E-state index contributed by atoms with van der Waals surface area (Å²) in [7, 11) is 0. The standard InChI is InChI=1S/C37H34N6O/c1-3-17-33-31(15-1)40-23-42(33)37(29-13-7-19-38-35(29)36-30(37)14-8-20-39-36)43-24-41(32-16-2-4-18-34(32)43)26-10-6-12-28(22-26)44-27-11-5-9-25(40)21-27/h5-14,19-22H,1-4,15-18,23-24H2. The van der Waals surface area contributed by atoms with Gasteiger partial charge in [0.1, 0.15) is 11.5 Å². The fourth-order valence-electron chi connectivity index (χ4n) is 8.79. The van der Waals surface area contributed by atoms with Crippen LogP contribution in [0.25, 0.3) is 11.4 Å². The molecule has 6 aliphatic rings. The molecular weight excluding hydrogens is 544 g/mol. The zero-order chi connectivity index (χ0) is 28.8. The summed E-state index contributed by atoms with van der Waals surface area (Å²) in [6.07, 6.45) is 13.0. The average molecular weight is 579 g/mol. The van der Waals surface area contributed by atoms with Gasteiger partial charge in [-0.15, -0.1) is 0 Å². The lowest BCUT2D eigenvalue weighted by molar-refractivity contribution is 0.0262. The minimum absolute atomic E-state index is 0.567. The number of hydrogen-bond acceptors (Lipinski definition) is 7. The summed E-state index contributed by atoms with van der Waals surface area (Å²) in [4.78, 5) is 20.7. The van der Waals surface area contributed by atoms with E-state index in [1.165, 1.54) is 71.0 Å². The number of anilines is 2. The van der Waals surface area contributed by atoms with Crippen molar-refractivity contribution in [2.75, 3.05) is 23.1 Å². The normalized spacial score (nSPS) is 20.7. The lowest BCUT2D eigenvalue weighted by Gasteiger charge is -2.50. The highest BCUT2D eigenvalue weighted by Crippen LogP contribution is 2.59. The Morgan fingerprint density at radius 2 is 1.02 bits per heavy atom. The summed E-state index contributed by atoms with van der Waals surface area (Å²) in [5, 5.41) is 0. The third-order valence-corrected chi connectivity index (χ3v) is 10.6. The smallest absolute Gasteiger partial charge is 0.173 e. The molecule has 7 heteroatoms. The highest BCUT2D eigenvalue weighted by atomic mass is 16.5. The van der Waals surface area contributed by atoms with Gasteiger partial charge in [-0.25, -0.2) is 0 Å². The number of benzene rings is 2. The number of aromatic nitrogens is 2. The number of rotatable bonds is 0. The Balaban J connectivity index is 1.31. The van der Waals surface area contributed by atoms with Crippen molar-refractivity contribution in [3.05, 3.63) is 119 Å². The summed E-state index contributed by atoms with van der Waals surface area (Å²) in [6.45, 7) is 1.53. The Labute approximate surface area is 257 Å². The molecule has 3 aliphatic carbocycles. The molecule has 44 heavy (non-hydrogen) atoms. The van der Waals surface area contributed by atoms with Gasteiger partial charge in [0.25, 0.3) is 0 Å². The van der Waals surface area contributed by atoms with Crippen molar-refractivity contribution < 1.29 is 4.74 Å². The molecular formula is C37H34N6O. The Bertz CT molecular complexity index is 1770. The highest BCUT2D eigenvalue weighted by Gasteiger charge is 2.59. The fourth-order valence-corrected chi connectivity index (χ4v) is 8.79. The van der Waals surface area contributed by atoms with E-state index < -0.39 is 5.66 Å². The average Bonchev–Trinajstić information content (AvgIpc) is 3.74. The van der Waals surface area contributed by atoms with Gasteiger partial charge in [-0.3, -0.25) is 9.97 Å². The van der Waals surface area contributed by atoms with Crippen molar-refractivity contribution in [2.45, 2.75) is 57.0 Å². The van der Waals surface area contributed by atoms with Crippen LogP contribution in [-0.4, -0.2) is 33.1 Å². The lowest BCUT2D eigenvalue weighted by atomic mass is 9.90. The van der Waals surface area contributed by atoms with E-state index in [0.29, 0.717) is 0 Å². The lowest BCUT2D eigenvalue weighted by Crippen LogP contribution is -2.57. The third-order valence-electron chi connectivity index (χ3n) is 10.6. The van der Waals surface area contributed by atoms with Crippen LogP contribution < -0.4 is 14.5 Å². The first-order chi connectivity index (χ1) is 21.8. The molecule has 1 spiro atoms. The van der Waals surface area contributed by atoms with E-state index in [0.717, 1.165) is 61.9 Å². The van der Waals surface area contributed by atoms with E-state index in [2.05, 4.69) is 92.4 Å². The van der Waals surface area contributed by atoms with Crippen molar-refractivity contribution in [3.63, 3.8) is 0 Å². The van der Waals surface area contributed by atoms with Crippen LogP contribution in [0.2, 0.25) is 0 Å². The zero-order valence-corrected chi connectivity index (χ0v) is 24.7. The quantitative estimate of drug-likeness (QED) is 0.210. The van der Waals surface area contributed by atoms with Gasteiger partial charge >= 0.3 is 0 Å². The van der Waals surface area contributed by atoms with E-state index in [9.17, 15) is 0 Å². The predicted octanol–water partition coefficient (Wildman–Crippen LogP) is 7.89. The summed E-state index contributed by atoms with van der Waals surface area (Å²) >= 11 is 0. The molecule has 0 unspecified atom stereocenters. The van der Waals surface area contributed by atoms with E-state index in [4.69, 9.17) is 14.7 Å². The second-order valence-corrected chi connectivity index (χ2v) is 12.8. The molecule has 0 atom stereocenters. The molecule has 0 saturated carbocycles. The molecule has 0 amide bonds. The molecule has 4 aromatic rings. The molecule has 5 heterocycles. The Kier molecular flexibility index (Phi) is 5.10. The molecule has 0 saturated heterocycles. The van der Waals surface area contributed by atoms with Gasteiger partial charge < -0.3 is 24.3 Å². The first kappa shape index (κ1) is 24.6. The first-order valence-corrected chi connectivity index (χ1v) is 16.1. The second kappa shape index (κ2) is 9.11. The number of allylic oxidation sites excluding steroid dienone is 4. The van der Waals surface area contributed by atoms with Gasteiger partial charge in [0.05, 0.1) is 24.7 Å². The van der Waals surface area contributed by atoms with E-state index in [1.54, 1.807) is 0 Å². The van der Waals surface area contributed by atoms with Crippen molar-refractivity contribution in [1.82, 2.24) is 19.8 Å². The van der Waals surface area contributed by atoms with Crippen LogP contribution in [0.15, 0.2) is 108 Å². The molecule has 7 nitrogen and oxygen atoms in total. The van der Waals surface area contributed by atoms with Gasteiger partial charge in [0.2, 0.25) is 0 Å². The summed E-state index contributed by atoms with van der Waals surface area (Å²) in [5.41, 5.74) is 12.1. The number of ether oxygens (including phenoxy) is 1. The van der Waals surface area contributed by atoms with Gasteiger partial charge in [0, 0.05) is 69.8 Å². The molecule has 0 fully saturated rings. The van der Waals surface area contributed by atoms with Crippen molar-refractivity contribution in [2.24, 2.45) is 0 Å². The second-order valence-electron chi connectivity index (χ2n) is 12.8. The Morgan fingerprint density at radius 3 is 1.52 bits per heavy atom. The van der Waals surface area contributed by atoms with Crippen molar-refractivity contribution in [3.8, 4) is 22.9 Å². The monoisotopic (exact) mass is 578 g/mol. The largest absolute Gasteiger partial charge is 0.457 e. The number of hydrogen-bond donors (Lipinski definition) is 0. The molecule has 3 aliphatic heterocycles. The highest BCUT2D eigenvalue weighted by molar-refractivity contribution is 5.76. The van der Waals surface area contributed by atoms with E-state index in [1.807, 2.05) is 12.4 Å². The van der Waals surface area contributed by atoms with Gasteiger partial charge in [-0.2, -0.15) is 0 Å². The molecule has 2 aromatic carbocycles. The molecule has 10 rings (SSSR count). The Morgan fingerprint density at radius 1 is 0.545 bits per heavy atom. The maximum atomic E-state index is 6.55. The molecule has 0 N–H and O–H groups in total. The third kappa shape index (κ3) is 3.22. The predicted molar refractivity (Wildman–Crippen MR) is 171 cm³/mol. The fraction of sp³-hybridized carbons (Fsp3) is 0.297. The van der Waals surface area contributed by atoms with Crippen LogP contribution >= 0.6 is 0 Å². The van der Waals surface area contributed by atoms with Gasteiger partial charge in [0.15, 0.2) is 5.66 Å². The molecule has 8 bridgehead atoms. The van der Waals surface area contributed by atoms with Crippen LogP contribution in [0.4, 0.5) is 11.4 Å². The zero-order valence-electron chi connectivity index (χ0n) is 24.7. The van der Waals surface area contributed by atoms with Crippen molar-refractivity contribution >= 4 is 11.4 Å². The molecule has 2 aromatic heterocycles. The topological polar surface area (TPSA) is 48.0 Å². The van der Waals surface area contributed by atoms with Crippen LogP contribution in [0.5, 0.6) is 11.5 Å². The SMILES string of the molecule is c1cc2cc(c1)N1CN(C3=C1CCCC3)C1(c3cccnc3-c3ncccc31)N1CN(C3=C1CCCC3)c1cccc(c1)O2. The van der Waals surface area contributed by atoms with Crippen LogP contribution in [0.1, 0.15) is 62.5 Å². The molecule has 218 valence electrons. The maximum absolute atomic E-state index is 6.55. The van der Waals surface area contributed by atoms with Crippen LogP contribution in [-0.2, 0) is 5.66 Å². The maximum Gasteiger partial charge on any atom is 0.173 e. The first-order valence-electron chi connectivity index (χ1n) is 16.1. The number of nitrogens with zero attached hydrogens (tertiary/aromatic N) is 6. The van der Waals surface area contributed by atoms with Crippen molar-refractivity contribution in [1.29, 1.82) is 0 Å². The van der Waals surface area contributed by atoms with Crippen LogP contribution in [0.3, 0.4) is 0 Å². The van der Waals surface area contributed by atoms with Gasteiger partial charge in [-0.05, 0) is 87.8 Å². The van der Waals surface area contributed by atoms with E-state index >= 15 is 0 Å². The van der Waals surface area contributed by atoms with E-state index in [-0.39, 0.29) is 0 Å². The molecule has 0 radical (unpaired) electrons. The van der Waals surface area contributed by atoms with Crippen LogP contribution in [0, 0.1) is 0 Å². The minimum Gasteiger partial charge on any atom is -0.457 e.